The van der Waals surface area contributed by atoms with Crippen molar-refractivity contribution in [3.63, 3.8) is 0 Å². The fourth-order valence-electron chi connectivity index (χ4n) is 13.0. The van der Waals surface area contributed by atoms with Gasteiger partial charge >= 0.3 is 0 Å². The molecule has 12 rings (SSSR count). The van der Waals surface area contributed by atoms with Crippen molar-refractivity contribution in [2.45, 2.75) is 141 Å². The first kappa shape index (κ1) is 55.2. The number of aliphatic hydroxyl groups is 1. The maximum absolute atomic E-state index is 14.7. The van der Waals surface area contributed by atoms with Crippen molar-refractivity contribution < 1.29 is 33.4 Å². The molecule has 1 spiro atoms. The number of carbonyl (C=O) groups is 2. The number of β-amino-alcohol motifs (C(OH)–C–C–N with tert-alkyl or cyclic N) is 1. The van der Waals surface area contributed by atoms with Gasteiger partial charge in [-0.15, -0.1) is 27.8 Å². The molecule has 1 saturated carbocycles. The van der Waals surface area contributed by atoms with E-state index in [2.05, 4.69) is 41.7 Å². The van der Waals surface area contributed by atoms with Crippen LogP contribution in [-0.2, 0) is 27.8 Å². The number of hydrogen-bond donors (Lipinski definition) is 3. The summed E-state index contributed by atoms with van der Waals surface area (Å²) in [6.45, 7) is 13.0. The minimum atomic E-state index is -0.841. The number of nitrogens with two attached hydrogens (primary N) is 1. The number of methoxy groups -OCH3 is 1. The smallest absolute Gasteiger partial charge is 0.248 e. The van der Waals surface area contributed by atoms with Gasteiger partial charge in [0, 0.05) is 53.5 Å². The Labute approximate surface area is 484 Å². The van der Waals surface area contributed by atoms with Gasteiger partial charge in [0.1, 0.15) is 28.9 Å². The van der Waals surface area contributed by atoms with E-state index in [1.165, 1.54) is 16.2 Å². The summed E-state index contributed by atoms with van der Waals surface area (Å²) in [6.07, 6.45) is 11.6. The van der Waals surface area contributed by atoms with E-state index in [1.54, 1.807) is 47.5 Å². The van der Waals surface area contributed by atoms with Crippen LogP contribution >= 0.6 is 22.7 Å². The third-order valence-electron chi connectivity index (χ3n) is 17.4. The second-order valence-electron chi connectivity index (χ2n) is 24.1. The molecule has 2 aliphatic heterocycles. The molecule has 82 heavy (non-hydrogen) atoms. The topological polar surface area (TPSA) is 259 Å². The lowest BCUT2D eigenvalue weighted by Gasteiger charge is -2.39. The zero-order valence-electron chi connectivity index (χ0n) is 47.2. The van der Waals surface area contributed by atoms with Crippen LogP contribution in [0.3, 0.4) is 0 Å². The number of likely N-dealkylation sites (tertiary alicyclic amines) is 2. The highest BCUT2D eigenvalue weighted by atomic mass is 32.1. The molecule has 5 atom stereocenters. The third kappa shape index (κ3) is 10.7. The van der Waals surface area contributed by atoms with E-state index < -0.39 is 29.0 Å². The monoisotopic (exact) mass is 1150 g/mol. The molecule has 0 bridgehead atoms. The number of anilines is 1. The number of nitrogen functional groups attached to an aromatic ring is 1. The summed E-state index contributed by atoms with van der Waals surface area (Å²) < 4.78 is 26.2. The molecule has 0 radical (unpaired) electrons. The lowest BCUT2D eigenvalue weighted by molar-refractivity contribution is -0.144. The number of amides is 2. The number of nitriles is 1. The van der Waals surface area contributed by atoms with Crippen molar-refractivity contribution in [2.24, 2.45) is 10.8 Å². The second kappa shape index (κ2) is 22.1. The number of benzene rings is 1. The van der Waals surface area contributed by atoms with Gasteiger partial charge in [0.05, 0.1) is 70.9 Å². The Kier molecular flexibility index (Phi) is 14.9. The van der Waals surface area contributed by atoms with E-state index in [9.17, 15) is 20.0 Å². The van der Waals surface area contributed by atoms with Crippen LogP contribution in [0.4, 0.5) is 5.00 Å². The molecule has 1 aromatic carbocycles. The van der Waals surface area contributed by atoms with Crippen LogP contribution in [0.2, 0.25) is 0 Å². The summed E-state index contributed by atoms with van der Waals surface area (Å²) in [4.78, 5) is 53.6. The second-order valence-corrected chi connectivity index (χ2v) is 26.1. The number of pyridine rings is 1. The lowest BCUT2D eigenvalue weighted by Crippen LogP contribution is -2.50. The van der Waals surface area contributed by atoms with Gasteiger partial charge < -0.3 is 44.7 Å². The fourth-order valence-corrected chi connectivity index (χ4v) is 14.9. The number of carbonyl (C=O) groups excluding carboxylic acids is 2. The highest BCUT2D eigenvalue weighted by molar-refractivity contribution is 7.16. The molecule has 2 saturated heterocycles. The van der Waals surface area contributed by atoms with E-state index in [0.717, 1.165) is 127 Å². The van der Waals surface area contributed by atoms with Gasteiger partial charge in [-0.3, -0.25) is 9.59 Å². The summed E-state index contributed by atoms with van der Waals surface area (Å²) in [5.74, 6) is 2.19. The van der Waals surface area contributed by atoms with Crippen LogP contribution in [-0.4, -0.2) is 119 Å². The molecule has 428 valence electrons. The first-order valence-electron chi connectivity index (χ1n) is 28.5. The number of rotatable bonds is 16. The normalized spacial score (nSPS) is 21.3. The van der Waals surface area contributed by atoms with Crippen molar-refractivity contribution in [3.8, 4) is 51.4 Å². The Morgan fingerprint density at radius 1 is 1.02 bits per heavy atom. The predicted molar refractivity (Wildman–Crippen MR) is 308 cm³/mol. The Morgan fingerprint density at radius 2 is 1.79 bits per heavy atom. The quantitative estimate of drug-likeness (QED) is 0.0814. The van der Waals surface area contributed by atoms with Crippen molar-refractivity contribution in [1.29, 1.82) is 5.26 Å². The van der Waals surface area contributed by atoms with Crippen LogP contribution < -0.4 is 25.3 Å². The SMILES string of the molecule is COc1ccc(Oc2cc(OCC3(CN4CCC(c5cn([C@H](C(=O)N6C[C@H](O)C[C@H]6C(=O)N[C@@H](C)c6ccc(-c7scnc7C)cc6)C(C)(C)C)nn5)CC4)CC3)nc(-c3noc4c3CCC[C@@]43CCCc4sc(N)c(C#N)c43)n2)cn1. The molecule has 20 nitrogen and oxygen atoms in total. The van der Waals surface area contributed by atoms with E-state index in [-0.39, 0.29) is 48.0 Å². The maximum Gasteiger partial charge on any atom is 0.248 e. The van der Waals surface area contributed by atoms with Crippen molar-refractivity contribution >= 4 is 39.5 Å². The largest absolute Gasteiger partial charge is 0.481 e. The van der Waals surface area contributed by atoms with Gasteiger partial charge in [-0.25, -0.2) is 14.6 Å². The van der Waals surface area contributed by atoms with E-state index in [0.29, 0.717) is 52.6 Å². The van der Waals surface area contributed by atoms with Crippen molar-refractivity contribution in [3.05, 3.63) is 105 Å². The zero-order valence-corrected chi connectivity index (χ0v) is 48.8. The van der Waals surface area contributed by atoms with Crippen molar-refractivity contribution in [1.82, 2.24) is 55.2 Å². The van der Waals surface area contributed by atoms with E-state index in [1.807, 2.05) is 70.6 Å². The van der Waals surface area contributed by atoms with Crippen LogP contribution in [0, 0.1) is 29.1 Å². The Morgan fingerprint density at radius 3 is 2.49 bits per heavy atom. The number of aromatic nitrogens is 8. The summed E-state index contributed by atoms with van der Waals surface area (Å²) in [6, 6.07) is 13.7. The van der Waals surface area contributed by atoms with Gasteiger partial charge in [0.15, 0.2) is 17.3 Å². The predicted octanol–water partition coefficient (Wildman–Crippen LogP) is 9.29. The number of thiazole rings is 1. The van der Waals surface area contributed by atoms with Crippen LogP contribution in [0.1, 0.15) is 148 Å². The van der Waals surface area contributed by atoms with Gasteiger partial charge in [-0.2, -0.15) is 15.2 Å². The van der Waals surface area contributed by atoms with Crippen LogP contribution in [0.25, 0.3) is 22.0 Å². The molecule has 5 aliphatic rings. The number of hydrogen-bond acceptors (Lipinski definition) is 19. The van der Waals surface area contributed by atoms with Gasteiger partial charge in [-0.05, 0) is 119 Å². The highest BCUT2D eigenvalue weighted by Gasteiger charge is 2.50. The molecule has 0 unspecified atom stereocenters. The number of ether oxygens (including phenoxy) is 3. The minimum Gasteiger partial charge on any atom is -0.481 e. The first-order valence-corrected chi connectivity index (χ1v) is 30.2. The average Bonchev–Trinajstić information content (AvgIpc) is 2.33. The zero-order chi connectivity index (χ0) is 57.1. The molecular weight excluding hydrogens is 1080 g/mol. The molecule has 4 N–H and O–H groups in total. The fraction of sp³-hybridized carbons (Fsp3) is 0.500. The highest BCUT2D eigenvalue weighted by Crippen LogP contribution is 2.55. The summed E-state index contributed by atoms with van der Waals surface area (Å²) in [5.41, 5.74) is 13.9. The molecule has 22 heteroatoms. The molecule has 8 heterocycles. The number of nitrogens with one attached hydrogen (secondary N) is 1. The molecule has 7 aromatic rings. The maximum atomic E-state index is 14.7. The first-order chi connectivity index (χ1) is 39.5. The molecule has 6 aromatic heterocycles. The minimum absolute atomic E-state index is 0.0521. The number of thiophene rings is 1. The van der Waals surface area contributed by atoms with Gasteiger partial charge in [0.2, 0.25) is 29.5 Å². The lowest BCUT2D eigenvalue weighted by atomic mass is 9.63. The van der Waals surface area contributed by atoms with Gasteiger partial charge in [-0.1, -0.05) is 55.4 Å². The number of fused-ring (bicyclic) bond motifs is 4. The standard InChI is InChI=1S/C60H69N13O7S2/c1-34(36-11-13-38(14-12-36)51-35(2)64-33-81-51)65-56(75)44-25-39(74)29-72(44)57(76)52(58(3,4)5)73-30-43(68-70-73)37-17-23-71(24-18-37)31-59(21-22-59)32-78-47-26-48(79-40-15-16-46(77-6)63-28-40)67-55(66-47)50-41-9-7-19-60(53(41)80-69-50)20-8-10-45-49(60)42(27-61)54(62)82-45/h11-16,26,28,30,33-34,37,39,44,52,74H,7-10,17-25,29,31-32,62H2,1-6H3,(H,65,75)/t34-,39+,44-,52+,60-/m0/s1. The Bertz CT molecular complexity index is 3530. The van der Waals surface area contributed by atoms with E-state index in [4.69, 9.17) is 34.4 Å². The summed E-state index contributed by atoms with van der Waals surface area (Å²) >= 11 is 3.10. The Balaban J connectivity index is 0.702. The number of nitrogens with zero attached hydrogens (tertiary/aromatic N) is 11. The molecular formula is C60H69N13O7S2. The summed E-state index contributed by atoms with van der Waals surface area (Å²) in [5, 5.41) is 38.8. The van der Waals surface area contributed by atoms with E-state index >= 15 is 0 Å². The number of aryl methyl sites for hydroxylation is 2. The average molecular weight is 1150 g/mol. The number of aliphatic hydroxyl groups excluding tert-OH is 1. The molecule has 3 aliphatic carbocycles. The van der Waals surface area contributed by atoms with Crippen molar-refractivity contribution in [2.75, 3.05) is 45.6 Å². The Hall–Kier alpha value is -7.32. The van der Waals surface area contributed by atoms with Gasteiger partial charge in [0.25, 0.3) is 0 Å². The third-order valence-corrected chi connectivity index (χ3v) is 19.5. The molecule has 3 fully saturated rings. The number of piperidine rings is 1. The summed E-state index contributed by atoms with van der Waals surface area (Å²) in [7, 11) is 1.56. The van der Waals surface area contributed by atoms with Crippen LogP contribution in [0.5, 0.6) is 23.4 Å². The van der Waals surface area contributed by atoms with Crippen LogP contribution in [0.15, 0.2) is 64.9 Å². The molecule has 2 amide bonds.